The zero-order valence-electron chi connectivity index (χ0n) is 8.31. The van der Waals surface area contributed by atoms with Crippen molar-refractivity contribution >= 4 is 10.9 Å². The summed E-state index contributed by atoms with van der Waals surface area (Å²) in [6, 6.07) is 1.84. The molecule has 0 fully saturated rings. The Balaban J connectivity index is 2.99. The molecule has 0 saturated heterocycles. The van der Waals surface area contributed by atoms with Crippen molar-refractivity contribution in [1.82, 2.24) is 4.98 Å². The maximum Gasteiger partial charge on any atom is 0.139 e. The second-order valence-electron chi connectivity index (χ2n) is 3.45. The lowest BCUT2D eigenvalue weighted by molar-refractivity contribution is 0.472. The van der Waals surface area contributed by atoms with Crippen LogP contribution in [0.3, 0.4) is 0 Å². The molecule has 0 aliphatic rings. The van der Waals surface area contributed by atoms with Crippen molar-refractivity contribution in [3.05, 3.63) is 35.0 Å². The molecule has 1 aromatic carbocycles. The fourth-order valence-corrected chi connectivity index (χ4v) is 1.51. The summed E-state index contributed by atoms with van der Waals surface area (Å²) in [5.74, 6) is -1.66. The molecule has 0 amide bonds. The van der Waals surface area contributed by atoms with E-state index in [1.165, 1.54) is 0 Å². The molecule has 78 valence electrons. The maximum atomic E-state index is 13.4. The summed E-state index contributed by atoms with van der Waals surface area (Å²) < 4.78 is 26.3. The van der Waals surface area contributed by atoms with Crippen LogP contribution in [0.5, 0.6) is 5.75 Å². The van der Waals surface area contributed by atoms with Gasteiger partial charge in [0.05, 0.1) is 10.9 Å². The number of hydrogen-bond acceptors (Lipinski definition) is 2. The summed E-state index contributed by atoms with van der Waals surface area (Å²) in [4.78, 5) is 4.02. The highest BCUT2D eigenvalue weighted by atomic mass is 19.1. The molecule has 0 radical (unpaired) electrons. The number of rotatable bonds is 0. The lowest BCUT2D eigenvalue weighted by atomic mass is 10.1. The fraction of sp³-hybridized carbons (Fsp3) is 0.182. The Hall–Kier alpha value is -1.71. The lowest BCUT2D eigenvalue weighted by Crippen LogP contribution is -1.93. The van der Waals surface area contributed by atoms with Crippen molar-refractivity contribution < 1.29 is 13.9 Å². The van der Waals surface area contributed by atoms with Gasteiger partial charge in [0, 0.05) is 23.4 Å². The summed E-state index contributed by atoms with van der Waals surface area (Å²) in [6.07, 6.45) is 0. The highest BCUT2D eigenvalue weighted by Crippen LogP contribution is 2.31. The minimum absolute atomic E-state index is 0.0282. The zero-order valence-corrected chi connectivity index (χ0v) is 8.31. The van der Waals surface area contributed by atoms with Gasteiger partial charge in [0.1, 0.15) is 17.4 Å². The SMILES string of the molecule is Cc1nc2cc(F)cc(F)c2c(O)c1C. The van der Waals surface area contributed by atoms with E-state index >= 15 is 0 Å². The van der Waals surface area contributed by atoms with E-state index in [0.29, 0.717) is 11.3 Å². The van der Waals surface area contributed by atoms with Crippen LogP contribution >= 0.6 is 0 Å². The van der Waals surface area contributed by atoms with Gasteiger partial charge in [0.15, 0.2) is 0 Å². The number of pyridine rings is 1. The number of nitrogens with zero attached hydrogens (tertiary/aromatic N) is 1. The first-order chi connectivity index (χ1) is 7.00. The first kappa shape index (κ1) is 9.83. The van der Waals surface area contributed by atoms with Gasteiger partial charge in [-0.15, -0.1) is 0 Å². The summed E-state index contributed by atoms with van der Waals surface area (Å²) >= 11 is 0. The average Bonchev–Trinajstić information content (AvgIpc) is 2.13. The molecule has 0 spiro atoms. The quantitative estimate of drug-likeness (QED) is 0.723. The molecule has 2 aromatic rings. The van der Waals surface area contributed by atoms with Crippen LogP contribution < -0.4 is 0 Å². The van der Waals surface area contributed by atoms with E-state index in [9.17, 15) is 13.9 Å². The van der Waals surface area contributed by atoms with Crippen LogP contribution in [0.15, 0.2) is 12.1 Å². The monoisotopic (exact) mass is 209 g/mol. The molecule has 0 aliphatic heterocycles. The smallest absolute Gasteiger partial charge is 0.139 e. The van der Waals surface area contributed by atoms with Gasteiger partial charge in [0.2, 0.25) is 0 Å². The number of fused-ring (bicyclic) bond motifs is 1. The number of aromatic nitrogens is 1. The van der Waals surface area contributed by atoms with Crippen LogP contribution in [-0.4, -0.2) is 10.1 Å². The van der Waals surface area contributed by atoms with Gasteiger partial charge in [0.25, 0.3) is 0 Å². The molecule has 1 aromatic heterocycles. The molecule has 0 aliphatic carbocycles. The van der Waals surface area contributed by atoms with Gasteiger partial charge in [-0.3, -0.25) is 4.98 Å². The minimum Gasteiger partial charge on any atom is -0.507 e. The second-order valence-corrected chi connectivity index (χ2v) is 3.45. The van der Waals surface area contributed by atoms with E-state index in [0.717, 1.165) is 12.1 Å². The Labute approximate surface area is 85.2 Å². The highest BCUT2D eigenvalue weighted by Gasteiger charge is 2.13. The second kappa shape index (κ2) is 3.15. The topological polar surface area (TPSA) is 33.1 Å². The van der Waals surface area contributed by atoms with Gasteiger partial charge in [-0.25, -0.2) is 8.78 Å². The molecule has 0 atom stereocenters. The van der Waals surface area contributed by atoms with Crippen molar-refractivity contribution in [2.75, 3.05) is 0 Å². The average molecular weight is 209 g/mol. The summed E-state index contributed by atoms with van der Waals surface area (Å²) in [6.45, 7) is 3.32. The molecule has 2 rings (SSSR count). The molecular formula is C11H9F2NO. The van der Waals surface area contributed by atoms with Crippen LogP contribution in [0.2, 0.25) is 0 Å². The molecular weight excluding hydrogens is 200 g/mol. The van der Waals surface area contributed by atoms with E-state index in [-0.39, 0.29) is 16.7 Å². The molecule has 0 bridgehead atoms. The van der Waals surface area contributed by atoms with Crippen LogP contribution in [0.25, 0.3) is 10.9 Å². The van der Waals surface area contributed by atoms with Gasteiger partial charge < -0.3 is 5.11 Å². The predicted octanol–water partition coefficient (Wildman–Crippen LogP) is 2.84. The third-order valence-electron chi connectivity index (χ3n) is 2.46. The summed E-state index contributed by atoms with van der Waals surface area (Å²) in [5, 5.41) is 9.68. The Kier molecular flexibility index (Phi) is 2.07. The Morgan fingerprint density at radius 2 is 1.87 bits per heavy atom. The van der Waals surface area contributed by atoms with Crippen LogP contribution in [0, 0.1) is 25.5 Å². The van der Waals surface area contributed by atoms with Gasteiger partial charge in [-0.1, -0.05) is 0 Å². The highest BCUT2D eigenvalue weighted by molar-refractivity contribution is 5.87. The number of benzene rings is 1. The molecule has 2 nitrogen and oxygen atoms in total. The molecule has 1 N–H and O–H groups in total. The van der Waals surface area contributed by atoms with E-state index < -0.39 is 11.6 Å². The van der Waals surface area contributed by atoms with Crippen molar-refractivity contribution in [1.29, 1.82) is 0 Å². The van der Waals surface area contributed by atoms with Crippen LogP contribution in [-0.2, 0) is 0 Å². The maximum absolute atomic E-state index is 13.4. The molecule has 4 heteroatoms. The largest absolute Gasteiger partial charge is 0.507 e. The summed E-state index contributed by atoms with van der Waals surface area (Å²) in [5.41, 5.74) is 1.20. The van der Waals surface area contributed by atoms with Crippen molar-refractivity contribution in [3.63, 3.8) is 0 Å². The number of aromatic hydroxyl groups is 1. The third kappa shape index (κ3) is 1.42. The first-order valence-electron chi connectivity index (χ1n) is 4.45. The standard InChI is InChI=1S/C11H9F2NO/c1-5-6(2)14-9-4-7(12)3-8(13)10(9)11(5)15/h3-4H,1-2H3,(H,14,15). The first-order valence-corrected chi connectivity index (χ1v) is 4.45. The normalized spacial score (nSPS) is 10.9. The van der Waals surface area contributed by atoms with Crippen LogP contribution in [0.4, 0.5) is 8.78 Å². The number of halogens is 2. The van der Waals surface area contributed by atoms with Gasteiger partial charge >= 0.3 is 0 Å². The van der Waals surface area contributed by atoms with Gasteiger partial charge in [-0.05, 0) is 13.8 Å². The number of hydrogen-bond donors (Lipinski definition) is 1. The van der Waals surface area contributed by atoms with E-state index in [2.05, 4.69) is 4.98 Å². The Morgan fingerprint density at radius 1 is 1.20 bits per heavy atom. The van der Waals surface area contributed by atoms with Gasteiger partial charge in [-0.2, -0.15) is 0 Å². The fourth-order valence-electron chi connectivity index (χ4n) is 1.51. The molecule has 0 unspecified atom stereocenters. The summed E-state index contributed by atoms with van der Waals surface area (Å²) in [7, 11) is 0. The van der Waals surface area contributed by atoms with E-state index in [1.807, 2.05) is 0 Å². The third-order valence-corrected chi connectivity index (χ3v) is 2.46. The molecule has 1 heterocycles. The molecule has 15 heavy (non-hydrogen) atoms. The molecule has 0 saturated carbocycles. The van der Waals surface area contributed by atoms with Crippen LogP contribution in [0.1, 0.15) is 11.3 Å². The van der Waals surface area contributed by atoms with E-state index in [4.69, 9.17) is 0 Å². The van der Waals surface area contributed by atoms with Crippen molar-refractivity contribution in [2.45, 2.75) is 13.8 Å². The Bertz CT molecular complexity index is 552. The minimum atomic E-state index is -0.793. The van der Waals surface area contributed by atoms with Crippen molar-refractivity contribution in [3.8, 4) is 5.75 Å². The number of aryl methyl sites for hydroxylation is 1. The Morgan fingerprint density at radius 3 is 2.53 bits per heavy atom. The van der Waals surface area contributed by atoms with E-state index in [1.54, 1.807) is 13.8 Å². The lowest BCUT2D eigenvalue weighted by Gasteiger charge is -2.07. The zero-order chi connectivity index (χ0) is 11.2. The predicted molar refractivity (Wildman–Crippen MR) is 52.8 cm³/mol. The van der Waals surface area contributed by atoms with Crippen molar-refractivity contribution in [2.24, 2.45) is 0 Å².